The molecule has 19 heavy (non-hydrogen) atoms. The van der Waals surface area contributed by atoms with Gasteiger partial charge in [-0.15, -0.1) is 0 Å². The highest BCUT2D eigenvalue weighted by molar-refractivity contribution is 7.85. The van der Waals surface area contributed by atoms with Crippen LogP contribution in [0, 0.1) is 18.3 Å². The molecule has 0 aliphatic carbocycles. The molecule has 0 spiro atoms. The number of benzene rings is 1. The number of hydrogen-bond donors (Lipinski definition) is 1. The van der Waals surface area contributed by atoms with Gasteiger partial charge in [-0.3, -0.25) is 5.32 Å². The van der Waals surface area contributed by atoms with Crippen molar-refractivity contribution < 1.29 is 17.4 Å². The molecule has 1 aliphatic heterocycles. The van der Waals surface area contributed by atoms with Crippen LogP contribution in [0.1, 0.15) is 12.0 Å². The van der Waals surface area contributed by atoms with Gasteiger partial charge in [0, 0.05) is 13.0 Å². The predicted octanol–water partition coefficient (Wildman–Crippen LogP) is 1.11. The summed E-state index contributed by atoms with van der Waals surface area (Å²) in [7, 11) is -4.27. The largest absolute Gasteiger partial charge is 0.744 e. The Bertz CT molecular complexity index is 551. The monoisotopic (exact) mass is 285 g/mol. The maximum atomic E-state index is 12.1. The topological polar surface area (TPSA) is 93.0 Å². The van der Waals surface area contributed by atoms with Crippen LogP contribution >= 0.6 is 0 Å². The Morgan fingerprint density at radius 3 is 2.32 bits per heavy atom. The molecular weight excluding hydrogens is 271 g/mol. The molecule has 0 amide bonds. The first kappa shape index (κ1) is 15.6. The van der Waals surface area contributed by atoms with Crippen molar-refractivity contribution in [3.05, 3.63) is 29.8 Å². The Balaban J connectivity index is 0.000000200. The molecule has 0 aromatic heterocycles. The van der Waals surface area contributed by atoms with Gasteiger partial charge < -0.3 is 4.55 Å². The van der Waals surface area contributed by atoms with E-state index in [4.69, 9.17) is 5.26 Å². The Morgan fingerprint density at radius 1 is 1.42 bits per heavy atom. The number of nitrogens with zero attached hydrogens (tertiary/aromatic N) is 1. The number of alkyl halides is 1. The fraction of sp³-hybridized carbons (Fsp3) is 0.417. The van der Waals surface area contributed by atoms with Gasteiger partial charge >= 0.3 is 0 Å². The van der Waals surface area contributed by atoms with E-state index in [0.717, 1.165) is 5.56 Å². The Morgan fingerprint density at radius 2 is 2.00 bits per heavy atom. The van der Waals surface area contributed by atoms with Crippen LogP contribution in [0.3, 0.4) is 0 Å². The summed E-state index contributed by atoms with van der Waals surface area (Å²) in [6.07, 6.45) is -0.448. The molecule has 1 saturated heterocycles. The van der Waals surface area contributed by atoms with Crippen LogP contribution in [0.15, 0.2) is 29.2 Å². The minimum Gasteiger partial charge on any atom is -0.744 e. The third-order valence-electron chi connectivity index (χ3n) is 2.54. The van der Waals surface area contributed by atoms with E-state index in [0.29, 0.717) is 13.0 Å². The molecule has 0 radical (unpaired) electrons. The Hall–Kier alpha value is -1.49. The summed E-state index contributed by atoms with van der Waals surface area (Å²) in [4.78, 5) is -0.178. The molecule has 1 aromatic carbocycles. The summed E-state index contributed by atoms with van der Waals surface area (Å²) in [5, 5.41) is 10.9. The number of nitriles is 1. The summed E-state index contributed by atoms with van der Waals surface area (Å²) in [6, 6.07) is 7.48. The summed E-state index contributed by atoms with van der Waals surface area (Å²) in [5.74, 6) is 0. The fourth-order valence-corrected chi connectivity index (χ4v) is 1.97. The molecular formula is C12H14FN2O3S-. The van der Waals surface area contributed by atoms with Crippen molar-refractivity contribution in [2.75, 3.05) is 6.54 Å². The zero-order chi connectivity index (χ0) is 14.5. The lowest BCUT2D eigenvalue weighted by atomic mass is 10.2. The standard InChI is InChI=1S/C7H8O3S.C5H7FN2/c1-6-2-4-7(5-3-6)11(8,9)10;6-4-1-5(2-7)8-3-4/h2-5H,1H3,(H,8,9,10);4-5,8H,1,3H2/p-1. The number of aryl methyl sites for hydroxylation is 1. The number of hydrogen-bond acceptors (Lipinski definition) is 5. The van der Waals surface area contributed by atoms with Crippen molar-refractivity contribution in [2.24, 2.45) is 0 Å². The van der Waals surface area contributed by atoms with Gasteiger partial charge in [0.15, 0.2) is 0 Å². The van der Waals surface area contributed by atoms with E-state index in [1.165, 1.54) is 12.1 Å². The smallest absolute Gasteiger partial charge is 0.124 e. The van der Waals surface area contributed by atoms with Crippen molar-refractivity contribution in [3.8, 4) is 6.07 Å². The third-order valence-corrected chi connectivity index (χ3v) is 3.39. The Labute approximate surface area is 111 Å². The van der Waals surface area contributed by atoms with Crippen LogP contribution in [0.25, 0.3) is 0 Å². The molecule has 1 fully saturated rings. The summed E-state index contributed by atoms with van der Waals surface area (Å²) in [5.41, 5.74) is 0.928. The quantitative estimate of drug-likeness (QED) is 0.780. The van der Waals surface area contributed by atoms with Gasteiger partial charge in [0.25, 0.3) is 0 Å². The Kier molecular flexibility index (Phi) is 5.42. The lowest BCUT2D eigenvalue weighted by Crippen LogP contribution is -2.18. The summed E-state index contributed by atoms with van der Waals surface area (Å²) < 4.78 is 43.3. The highest BCUT2D eigenvalue weighted by atomic mass is 32.2. The second-order valence-electron chi connectivity index (χ2n) is 4.19. The molecule has 2 atom stereocenters. The molecule has 1 aromatic rings. The fourth-order valence-electron chi connectivity index (χ4n) is 1.50. The zero-order valence-electron chi connectivity index (χ0n) is 10.3. The van der Waals surface area contributed by atoms with Gasteiger partial charge in [-0.25, -0.2) is 12.8 Å². The van der Waals surface area contributed by atoms with Gasteiger partial charge in [-0.1, -0.05) is 17.7 Å². The second kappa shape index (κ2) is 6.61. The van der Waals surface area contributed by atoms with Crippen LogP contribution in [0.4, 0.5) is 4.39 Å². The van der Waals surface area contributed by atoms with Gasteiger partial charge in [0.1, 0.15) is 16.3 Å². The van der Waals surface area contributed by atoms with Crippen LogP contribution in [-0.4, -0.2) is 31.7 Å². The van der Waals surface area contributed by atoms with Crippen LogP contribution in [0.5, 0.6) is 0 Å². The van der Waals surface area contributed by atoms with E-state index < -0.39 is 16.3 Å². The highest BCUT2D eigenvalue weighted by Gasteiger charge is 2.22. The second-order valence-corrected chi connectivity index (χ2v) is 5.57. The van der Waals surface area contributed by atoms with Gasteiger partial charge in [0.05, 0.1) is 17.0 Å². The van der Waals surface area contributed by atoms with Crippen molar-refractivity contribution in [3.63, 3.8) is 0 Å². The first-order valence-corrected chi connectivity index (χ1v) is 7.03. The lowest BCUT2D eigenvalue weighted by Gasteiger charge is -2.05. The van der Waals surface area contributed by atoms with Crippen molar-refractivity contribution in [2.45, 2.75) is 30.5 Å². The average Bonchev–Trinajstić information content (AvgIpc) is 2.75. The summed E-state index contributed by atoms with van der Waals surface area (Å²) >= 11 is 0. The molecule has 2 rings (SSSR count). The highest BCUT2D eigenvalue weighted by Crippen LogP contribution is 2.08. The normalized spacial score (nSPS) is 22.2. The van der Waals surface area contributed by atoms with E-state index >= 15 is 0 Å². The number of rotatable bonds is 1. The van der Waals surface area contributed by atoms with Gasteiger partial charge in [-0.05, 0) is 19.1 Å². The first-order valence-electron chi connectivity index (χ1n) is 5.62. The van der Waals surface area contributed by atoms with Gasteiger partial charge in [0.2, 0.25) is 0 Å². The molecule has 1 N–H and O–H groups in total. The first-order chi connectivity index (χ1) is 8.82. The van der Waals surface area contributed by atoms with Crippen LogP contribution < -0.4 is 5.32 Å². The molecule has 7 heteroatoms. The van der Waals surface area contributed by atoms with E-state index in [1.807, 2.05) is 13.0 Å². The minimum atomic E-state index is -4.27. The average molecular weight is 285 g/mol. The van der Waals surface area contributed by atoms with E-state index in [1.54, 1.807) is 12.1 Å². The minimum absolute atomic E-state index is 0.178. The molecule has 0 bridgehead atoms. The molecule has 104 valence electrons. The van der Waals surface area contributed by atoms with Crippen molar-refractivity contribution in [1.82, 2.24) is 5.32 Å². The van der Waals surface area contributed by atoms with E-state index in [2.05, 4.69) is 5.32 Å². The third kappa shape index (κ3) is 5.34. The van der Waals surface area contributed by atoms with E-state index in [9.17, 15) is 17.4 Å². The number of halogens is 1. The number of nitrogens with one attached hydrogen (secondary N) is 1. The maximum Gasteiger partial charge on any atom is 0.124 e. The summed E-state index contributed by atoms with van der Waals surface area (Å²) in [6.45, 7) is 2.17. The molecule has 5 nitrogen and oxygen atoms in total. The lowest BCUT2D eigenvalue weighted by molar-refractivity contribution is 0.359. The molecule has 0 saturated carbocycles. The van der Waals surface area contributed by atoms with Crippen LogP contribution in [0.2, 0.25) is 0 Å². The molecule has 1 heterocycles. The molecule has 2 unspecified atom stereocenters. The predicted molar refractivity (Wildman–Crippen MR) is 66.1 cm³/mol. The molecule has 1 aliphatic rings. The van der Waals surface area contributed by atoms with Gasteiger partial charge in [-0.2, -0.15) is 5.26 Å². The van der Waals surface area contributed by atoms with Crippen LogP contribution in [-0.2, 0) is 10.1 Å². The van der Waals surface area contributed by atoms with E-state index in [-0.39, 0.29) is 10.9 Å². The zero-order valence-corrected chi connectivity index (χ0v) is 11.2. The SMILES string of the molecule is Cc1ccc(S(=O)(=O)[O-])cc1.N#CC1CC(F)CN1. The maximum absolute atomic E-state index is 12.1. The van der Waals surface area contributed by atoms with Crippen molar-refractivity contribution in [1.29, 1.82) is 5.26 Å². The van der Waals surface area contributed by atoms with Crippen molar-refractivity contribution >= 4 is 10.1 Å².